The zero-order valence-electron chi connectivity index (χ0n) is 17.6. The van der Waals surface area contributed by atoms with Crippen molar-refractivity contribution in [2.24, 2.45) is 0 Å². The van der Waals surface area contributed by atoms with Crippen molar-refractivity contribution in [3.05, 3.63) is 95.1 Å². The maximum Gasteiger partial charge on any atom is 0.360 e. The van der Waals surface area contributed by atoms with Crippen LogP contribution in [0.25, 0.3) is 0 Å². The first kappa shape index (κ1) is 22.5. The van der Waals surface area contributed by atoms with Gasteiger partial charge in [0.1, 0.15) is 11.5 Å². The molecule has 29 heavy (non-hydrogen) atoms. The maximum atomic E-state index is 8.88. The summed E-state index contributed by atoms with van der Waals surface area (Å²) < 4.78 is 16.7. The van der Waals surface area contributed by atoms with Gasteiger partial charge in [0.25, 0.3) is 0 Å². The highest BCUT2D eigenvalue weighted by Gasteiger charge is 2.13. The number of ether oxygens (including phenoxy) is 3. The van der Waals surface area contributed by atoms with Crippen LogP contribution in [-0.2, 0) is 4.74 Å². The fraction of sp³-hybridized carbons (Fsp3) is 0.280. The van der Waals surface area contributed by atoms with E-state index in [0.29, 0.717) is 11.5 Å². The standard InChI is InChI=1S/C17H20O4.C8H10/c1-13-3-7-15(8-4-13)20-17(19-12-11-18)21-16-9-5-14(2)6-10-16;1-7-3-5-8(2)6-4-7/h3-10,17-18H,11-12H2,1-2H3;3-6H,1-2H3. The number of benzene rings is 3. The molecule has 0 unspecified atom stereocenters. The van der Waals surface area contributed by atoms with Gasteiger partial charge in [-0.2, -0.15) is 0 Å². The molecule has 3 aromatic carbocycles. The Balaban J connectivity index is 0.000000313. The SMILES string of the molecule is Cc1ccc(C)cc1.Cc1ccc(OC(OCCO)Oc2ccc(C)cc2)cc1. The average molecular weight is 395 g/mol. The Morgan fingerprint density at radius 1 is 0.586 bits per heavy atom. The van der Waals surface area contributed by atoms with Gasteiger partial charge in [0, 0.05) is 0 Å². The first-order valence-electron chi connectivity index (χ1n) is 9.68. The first-order valence-corrected chi connectivity index (χ1v) is 9.68. The van der Waals surface area contributed by atoms with Gasteiger partial charge < -0.3 is 19.3 Å². The molecule has 1 N–H and O–H groups in total. The van der Waals surface area contributed by atoms with E-state index in [1.165, 1.54) is 11.1 Å². The van der Waals surface area contributed by atoms with Gasteiger partial charge in [-0.3, -0.25) is 0 Å². The van der Waals surface area contributed by atoms with E-state index in [-0.39, 0.29) is 13.2 Å². The lowest BCUT2D eigenvalue weighted by Gasteiger charge is -2.20. The summed E-state index contributed by atoms with van der Waals surface area (Å²) in [5.74, 6) is 1.30. The molecule has 0 atom stereocenters. The summed E-state index contributed by atoms with van der Waals surface area (Å²) >= 11 is 0. The number of hydrogen-bond acceptors (Lipinski definition) is 4. The van der Waals surface area contributed by atoms with E-state index < -0.39 is 6.48 Å². The van der Waals surface area contributed by atoms with Gasteiger partial charge >= 0.3 is 6.48 Å². The lowest BCUT2D eigenvalue weighted by molar-refractivity contribution is -0.202. The molecule has 0 heterocycles. The minimum absolute atomic E-state index is 0.0922. The zero-order valence-corrected chi connectivity index (χ0v) is 17.6. The van der Waals surface area contributed by atoms with Crippen LogP contribution in [-0.4, -0.2) is 24.8 Å². The van der Waals surface area contributed by atoms with E-state index in [2.05, 4.69) is 38.1 Å². The highest BCUT2D eigenvalue weighted by Crippen LogP contribution is 2.18. The molecular weight excluding hydrogens is 364 g/mol. The normalized spacial score (nSPS) is 10.3. The van der Waals surface area contributed by atoms with E-state index in [4.69, 9.17) is 19.3 Å². The van der Waals surface area contributed by atoms with Crippen molar-refractivity contribution in [1.29, 1.82) is 0 Å². The van der Waals surface area contributed by atoms with Crippen LogP contribution in [0, 0.1) is 27.7 Å². The van der Waals surface area contributed by atoms with Gasteiger partial charge in [-0.25, -0.2) is 0 Å². The van der Waals surface area contributed by atoms with Crippen LogP contribution >= 0.6 is 0 Å². The van der Waals surface area contributed by atoms with Crippen molar-refractivity contribution in [2.45, 2.75) is 34.2 Å². The van der Waals surface area contributed by atoms with Gasteiger partial charge in [0.15, 0.2) is 0 Å². The van der Waals surface area contributed by atoms with Gasteiger partial charge in [0.2, 0.25) is 0 Å². The topological polar surface area (TPSA) is 47.9 Å². The number of aryl methyl sites for hydroxylation is 4. The van der Waals surface area contributed by atoms with Crippen LogP contribution in [0.5, 0.6) is 11.5 Å². The smallest absolute Gasteiger partial charge is 0.360 e. The molecule has 3 rings (SSSR count). The molecule has 0 aliphatic heterocycles. The summed E-state index contributed by atoms with van der Waals surface area (Å²) in [6, 6.07) is 23.7. The maximum absolute atomic E-state index is 8.88. The molecule has 0 fully saturated rings. The van der Waals surface area contributed by atoms with Crippen LogP contribution in [0.2, 0.25) is 0 Å². The molecular formula is C25H30O4. The third kappa shape index (κ3) is 8.81. The summed E-state index contributed by atoms with van der Waals surface area (Å²) in [5.41, 5.74) is 4.95. The summed E-state index contributed by atoms with van der Waals surface area (Å²) in [4.78, 5) is 0. The molecule has 0 amide bonds. The monoisotopic (exact) mass is 394 g/mol. The minimum Gasteiger partial charge on any atom is -0.432 e. The van der Waals surface area contributed by atoms with Crippen molar-refractivity contribution >= 4 is 0 Å². The van der Waals surface area contributed by atoms with Crippen LogP contribution < -0.4 is 9.47 Å². The summed E-state index contributed by atoms with van der Waals surface area (Å²) in [7, 11) is 0. The largest absolute Gasteiger partial charge is 0.432 e. The number of rotatable bonds is 7. The Hall–Kier alpha value is -2.82. The molecule has 0 aromatic heterocycles. The van der Waals surface area contributed by atoms with Gasteiger partial charge in [-0.05, 0) is 52.0 Å². The Morgan fingerprint density at radius 3 is 1.21 bits per heavy atom. The third-order valence-corrected chi connectivity index (χ3v) is 4.07. The second kappa shape index (κ2) is 11.9. The Bertz CT molecular complexity index is 756. The van der Waals surface area contributed by atoms with Crippen molar-refractivity contribution in [1.82, 2.24) is 0 Å². The fourth-order valence-corrected chi connectivity index (χ4v) is 2.33. The Kier molecular flexibility index (Phi) is 9.22. The lowest BCUT2D eigenvalue weighted by atomic mass is 10.2. The molecule has 3 aromatic rings. The third-order valence-electron chi connectivity index (χ3n) is 4.07. The predicted molar refractivity (Wildman–Crippen MR) is 116 cm³/mol. The molecule has 0 saturated heterocycles. The molecule has 0 saturated carbocycles. The predicted octanol–water partition coefficient (Wildman–Crippen LogP) is 5.36. The van der Waals surface area contributed by atoms with E-state index in [9.17, 15) is 0 Å². The lowest BCUT2D eigenvalue weighted by Crippen LogP contribution is -2.28. The number of aliphatic hydroxyl groups excluding tert-OH is 1. The zero-order chi connectivity index (χ0) is 21.1. The van der Waals surface area contributed by atoms with E-state index >= 15 is 0 Å². The Labute approximate surface area is 173 Å². The van der Waals surface area contributed by atoms with Crippen LogP contribution in [0.1, 0.15) is 22.3 Å². The molecule has 0 spiro atoms. The molecule has 4 heteroatoms. The quantitative estimate of drug-likeness (QED) is 0.548. The molecule has 154 valence electrons. The Morgan fingerprint density at radius 2 is 0.897 bits per heavy atom. The summed E-state index contributed by atoms with van der Waals surface area (Å²) in [6.45, 7) is 7.35. The minimum atomic E-state index is -0.900. The van der Waals surface area contributed by atoms with Crippen molar-refractivity contribution in [2.75, 3.05) is 13.2 Å². The second-order valence-corrected chi connectivity index (χ2v) is 6.90. The molecule has 0 aliphatic rings. The molecule has 0 radical (unpaired) electrons. The van der Waals surface area contributed by atoms with Crippen molar-refractivity contribution in [3.8, 4) is 11.5 Å². The number of aliphatic hydroxyl groups is 1. The van der Waals surface area contributed by atoms with Gasteiger partial charge in [-0.1, -0.05) is 70.8 Å². The summed E-state index contributed by atoms with van der Waals surface area (Å²) in [6.07, 6.45) is 0. The molecule has 0 bridgehead atoms. The number of hydrogen-bond donors (Lipinski definition) is 1. The molecule has 4 nitrogen and oxygen atoms in total. The van der Waals surface area contributed by atoms with E-state index in [1.807, 2.05) is 62.4 Å². The second-order valence-electron chi connectivity index (χ2n) is 6.90. The highest BCUT2D eigenvalue weighted by atomic mass is 16.8. The van der Waals surface area contributed by atoms with E-state index in [0.717, 1.165) is 11.1 Å². The highest BCUT2D eigenvalue weighted by molar-refractivity contribution is 5.28. The molecule has 0 aliphatic carbocycles. The van der Waals surface area contributed by atoms with Crippen LogP contribution in [0.4, 0.5) is 0 Å². The van der Waals surface area contributed by atoms with Gasteiger partial charge in [-0.15, -0.1) is 0 Å². The van der Waals surface area contributed by atoms with Crippen LogP contribution in [0.15, 0.2) is 72.8 Å². The van der Waals surface area contributed by atoms with Gasteiger partial charge in [0.05, 0.1) is 13.2 Å². The van der Waals surface area contributed by atoms with Crippen molar-refractivity contribution in [3.63, 3.8) is 0 Å². The summed E-state index contributed by atoms with van der Waals surface area (Å²) in [5, 5.41) is 8.88. The van der Waals surface area contributed by atoms with Crippen molar-refractivity contribution < 1.29 is 19.3 Å². The van der Waals surface area contributed by atoms with Crippen LogP contribution in [0.3, 0.4) is 0 Å². The fourth-order valence-electron chi connectivity index (χ4n) is 2.33. The average Bonchev–Trinajstić information content (AvgIpc) is 2.72. The first-order chi connectivity index (χ1) is 14.0. The van der Waals surface area contributed by atoms with E-state index in [1.54, 1.807) is 0 Å².